The first-order chi connectivity index (χ1) is 11.0. The van der Waals surface area contributed by atoms with E-state index in [1.165, 1.54) is 0 Å². The second-order valence-electron chi connectivity index (χ2n) is 6.75. The molecule has 0 radical (unpaired) electrons. The minimum atomic E-state index is -0.0680. The summed E-state index contributed by atoms with van der Waals surface area (Å²) in [5.74, 6) is -0.0194. The Hall–Kier alpha value is -0.810. The van der Waals surface area contributed by atoms with Crippen molar-refractivity contribution in [3.05, 3.63) is 33.8 Å². The summed E-state index contributed by atoms with van der Waals surface area (Å²) >= 11 is 12.0. The van der Waals surface area contributed by atoms with Crippen molar-refractivity contribution in [3.8, 4) is 0 Å². The van der Waals surface area contributed by atoms with Crippen LogP contribution in [0, 0.1) is 5.41 Å². The van der Waals surface area contributed by atoms with Crippen LogP contribution in [0.5, 0.6) is 0 Å². The summed E-state index contributed by atoms with van der Waals surface area (Å²) in [7, 11) is 2.08. The fraction of sp³-hybridized carbons (Fsp3) is 0.588. The molecular weight excluding hydrogens is 335 g/mol. The van der Waals surface area contributed by atoms with Crippen LogP contribution in [-0.4, -0.2) is 60.1 Å². The van der Waals surface area contributed by atoms with Crippen LogP contribution in [0.25, 0.3) is 0 Å². The van der Waals surface area contributed by atoms with Crippen molar-refractivity contribution >= 4 is 29.1 Å². The second kappa shape index (κ2) is 6.60. The lowest BCUT2D eigenvalue weighted by Crippen LogP contribution is -2.62. The Balaban J connectivity index is 1.80. The van der Waals surface area contributed by atoms with Crippen LogP contribution >= 0.6 is 23.2 Å². The fourth-order valence-electron chi connectivity index (χ4n) is 4.01. The second-order valence-corrected chi connectivity index (χ2v) is 7.56. The van der Waals surface area contributed by atoms with Crippen LogP contribution in [0.1, 0.15) is 29.6 Å². The Morgan fingerprint density at radius 1 is 1.30 bits per heavy atom. The van der Waals surface area contributed by atoms with Gasteiger partial charge in [-0.15, -0.1) is 0 Å². The average molecular weight is 357 g/mol. The lowest BCUT2D eigenvalue weighted by Gasteiger charge is -2.53. The van der Waals surface area contributed by atoms with Gasteiger partial charge in [0.05, 0.1) is 16.7 Å². The summed E-state index contributed by atoms with van der Waals surface area (Å²) in [6, 6.07) is 5.22. The summed E-state index contributed by atoms with van der Waals surface area (Å²) in [5.41, 5.74) is 0.496. The van der Waals surface area contributed by atoms with E-state index in [-0.39, 0.29) is 24.0 Å². The molecule has 2 fully saturated rings. The number of aliphatic hydroxyl groups excluding tert-OH is 1. The topological polar surface area (TPSA) is 43.8 Å². The largest absolute Gasteiger partial charge is 0.396 e. The SMILES string of the molecule is CN1CCC[C@]2(CO)CCN(C(=O)c3ccc(Cl)c(Cl)c3)C[C@@H]12. The summed E-state index contributed by atoms with van der Waals surface area (Å²) in [4.78, 5) is 16.9. The number of rotatable bonds is 2. The number of likely N-dealkylation sites (tertiary alicyclic amines) is 2. The third-order valence-corrected chi connectivity index (χ3v) is 6.21. The van der Waals surface area contributed by atoms with E-state index in [1.54, 1.807) is 18.2 Å². The molecule has 2 aliphatic rings. The molecule has 0 aliphatic carbocycles. The number of halogens is 2. The van der Waals surface area contributed by atoms with Gasteiger partial charge in [0.15, 0.2) is 0 Å². The molecule has 1 N–H and O–H groups in total. The maximum Gasteiger partial charge on any atom is 0.253 e. The number of piperidine rings is 2. The smallest absolute Gasteiger partial charge is 0.253 e. The molecular formula is C17H22Cl2N2O2. The third-order valence-electron chi connectivity index (χ3n) is 5.47. The molecule has 2 aliphatic heterocycles. The quantitative estimate of drug-likeness (QED) is 0.885. The van der Waals surface area contributed by atoms with Crippen molar-refractivity contribution in [2.45, 2.75) is 25.3 Å². The lowest BCUT2D eigenvalue weighted by atomic mass is 9.69. The monoisotopic (exact) mass is 356 g/mol. The van der Waals surface area contributed by atoms with Gasteiger partial charge in [0, 0.05) is 30.1 Å². The van der Waals surface area contributed by atoms with E-state index in [1.807, 2.05) is 4.90 Å². The third kappa shape index (κ3) is 3.10. The normalized spacial score (nSPS) is 28.5. The number of hydrogen-bond donors (Lipinski definition) is 1. The summed E-state index contributed by atoms with van der Waals surface area (Å²) in [5, 5.41) is 10.8. The van der Waals surface area contributed by atoms with Crippen LogP contribution in [0.15, 0.2) is 18.2 Å². The number of aliphatic hydroxyl groups is 1. The molecule has 2 atom stereocenters. The van der Waals surface area contributed by atoms with Gasteiger partial charge >= 0.3 is 0 Å². The number of amides is 1. The highest BCUT2D eigenvalue weighted by molar-refractivity contribution is 6.42. The number of likely N-dealkylation sites (N-methyl/N-ethyl adjacent to an activating group) is 1. The predicted octanol–water partition coefficient (Wildman–Crippen LogP) is 2.91. The van der Waals surface area contributed by atoms with Gasteiger partial charge in [-0.3, -0.25) is 4.79 Å². The van der Waals surface area contributed by atoms with E-state index in [0.29, 0.717) is 28.7 Å². The molecule has 1 aromatic rings. The van der Waals surface area contributed by atoms with Crippen LogP contribution in [0.3, 0.4) is 0 Å². The molecule has 0 saturated carbocycles. The molecule has 2 saturated heterocycles. The van der Waals surface area contributed by atoms with Crippen LogP contribution < -0.4 is 0 Å². The van der Waals surface area contributed by atoms with Gasteiger partial charge in [0.2, 0.25) is 0 Å². The molecule has 0 bridgehead atoms. The van der Waals surface area contributed by atoms with Crippen molar-refractivity contribution < 1.29 is 9.90 Å². The zero-order valence-corrected chi connectivity index (χ0v) is 14.8. The summed E-state index contributed by atoms with van der Waals surface area (Å²) in [6.07, 6.45) is 2.98. The molecule has 23 heavy (non-hydrogen) atoms. The van der Waals surface area contributed by atoms with Crippen molar-refractivity contribution in [1.29, 1.82) is 0 Å². The Morgan fingerprint density at radius 3 is 2.78 bits per heavy atom. The van der Waals surface area contributed by atoms with Crippen molar-refractivity contribution in [2.24, 2.45) is 5.41 Å². The van der Waals surface area contributed by atoms with Crippen LogP contribution in [-0.2, 0) is 0 Å². The Kier molecular flexibility index (Phi) is 4.88. The molecule has 1 aromatic carbocycles. The van der Waals surface area contributed by atoms with Gasteiger partial charge in [-0.1, -0.05) is 23.2 Å². The van der Waals surface area contributed by atoms with Gasteiger partial charge in [-0.25, -0.2) is 0 Å². The molecule has 2 heterocycles. The van der Waals surface area contributed by atoms with E-state index in [0.717, 1.165) is 25.8 Å². The van der Waals surface area contributed by atoms with Gasteiger partial charge in [0.25, 0.3) is 5.91 Å². The zero-order chi connectivity index (χ0) is 16.6. The van der Waals surface area contributed by atoms with E-state index < -0.39 is 0 Å². The summed E-state index contributed by atoms with van der Waals surface area (Å²) < 4.78 is 0. The lowest BCUT2D eigenvalue weighted by molar-refractivity contribution is -0.0601. The predicted molar refractivity (Wildman–Crippen MR) is 92.2 cm³/mol. The zero-order valence-electron chi connectivity index (χ0n) is 13.3. The first-order valence-electron chi connectivity index (χ1n) is 8.02. The Labute approximate surface area is 147 Å². The van der Waals surface area contributed by atoms with Crippen LogP contribution in [0.2, 0.25) is 10.0 Å². The molecule has 6 heteroatoms. The number of nitrogens with zero attached hydrogens (tertiary/aromatic N) is 2. The van der Waals surface area contributed by atoms with Crippen molar-refractivity contribution in [3.63, 3.8) is 0 Å². The highest BCUT2D eigenvalue weighted by Crippen LogP contribution is 2.41. The number of carbonyl (C=O) groups excluding carboxylic acids is 1. The molecule has 0 unspecified atom stereocenters. The molecule has 1 amide bonds. The van der Waals surface area contributed by atoms with Gasteiger partial charge in [-0.05, 0) is 51.1 Å². The van der Waals surface area contributed by atoms with Crippen LogP contribution in [0.4, 0.5) is 0 Å². The first kappa shape index (κ1) is 17.0. The van der Waals surface area contributed by atoms with E-state index in [9.17, 15) is 9.90 Å². The molecule has 4 nitrogen and oxygen atoms in total. The minimum Gasteiger partial charge on any atom is -0.396 e. The number of hydrogen-bond acceptors (Lipinski definition) is 3. The molecule has 0 spiro atoms. The summed E-state index contributed by atoms with van der Waals surface area (Å²) in [6.45, 7) is 2.53. The van der Waals surface area contributed by atoms with E-state index in [4.69, 9.17) is 23.2 Å². The standard InChI is InChI=1S/C17H22Cl2N2O2/c1-20-7-2-5-17(11-22)6-8-21(10-15(17)20)16(23)12-3-4-13(18)14(19)9-12/h3-4,9,15,22H,2,5-8,10-11H2,1H3/t15-,17-/m1/s1. The number of benzene rings is 1. The van der Waals surface area contributed by atoms with Gasteiger partial charge in [-0.2, -0.15) is 0 Å². The Bertz CT molecular complexity index is 610. The Morgan fingerprint density at radius 2 is 2.09 bits per heavy atom. The van der Waals surface area contributed by atoms with E-state index >= 15 is 0 Å². The highest BCUT2D eigenvalue weighted by Gasteiger charge is 2.47. The minimum absolute atomic E-state index is 0.0194. The van der Waals surface area contributed by atoms with Gasteiger partial charge in [0.1, 0.15) is 0 Å². The van der Waals surface area contributed by atoms with E-state index in [2.05, 4.69) is 11.9 Å². The molecule has 0 aromatic heterocycles. The number of carbonyl (C=O) groups is 1. The maximum atomic E-state index is 12.8. The maximum absolute atomic E-state index is 12.8. The molecule has 126 valence electrons. The highest BCUT2D eigenvalue weighted by atomic mass is 35.5. The molecule has 3 rings (SSSR count). The van der Waals surface area contributed by atoms with Gasteiger partial charge < -0.3 is 14.9 Å². The fourth-order valence-corrected chi connectivity index (χ4v) is 4.31. The van der Waals surface area contributed by atoms with Crippen molar-refractivity contribution in [2.75, 3.05) is 33.3 Å². The number of fused-ring (bicyclic) bond motifs is 1. The average Bonchev–Trinajstić information content (AvgIpc) is 2.56. The first-order valence-corrected chi connectivity index (χ1v) is 8.78. The van der Waals surface area contributed by atoms with Crippen molar-refractivity contribution in [1.82, 2.24) is 9.80 Å².